The van der Waals surface area contributed by atoms with E-state index < -0.39 is 12.0 Å². The zero-order valence-electron chi connectivity index (χ0n) is 10.2. The monoisotopic (exact) mass is 255 g/mol. The van der Waals surface area contributed by atoms with Crippen molar-refractivity contribution in [1.82, 2.24) is 5.32 Å². The number of nitrogens with one attached hydrogen (secondary N) is 1. The highest BCUT2D eigenvalue weighted by Gasteiger charge is 2.23. The Morgan fingerprint density at radius 3 is 2.65 bits per heavy atom. The number of hydrogen-bond donors (Lipinski definition) is 1. The molecule has 0 radical (unpaired) electrons. The lowest BCUT2D eigenvalue weighted by Gasteiger charge is -2.17. The second-order valence-electron chi connectivity index (χ2n) is 4.16. The van der Waals surface area contributed by atoms with Gasteiger partial charge in [0.25, 0.3) is 5.91 Å². The Bertz CT molecular complexity index is 373. The number of carbonyl (C=O) groups is 2. The predicted molar refractivity (Wildman–Crippen MR) is 67.0 cm³/mol. The molecule has 94 valence electrons. The molecular weight excluding hydrogens is 238 g/mol. The van der Waals surface area contributed by atoms with Gasteiger partial charge in [0.1, 0.15) is 6.04 Å². The van der Waals surface area contributed by atoms with Gasteiger partial charge in [-0.3, -0.25) is 4.79 Å². The minimum atomic E-state index is -0.574. The summed E-state index contributed by atoms with van der Waals surface area (Å²) in [5.74, 6) is -0.317. The van der Waals surface area contributed by atoms with E-state index in [0.717, 1.165) is 0 Å². The third-order valence-electron chi connectivity index (χ3n) is 2.24. The first-order chi connectivity index (χ1) is 8.04. The highest BCUT2D eigenvalue weighted by atomic mass is 32.1. The Labute approximate surface area is 105 Å². The summed E-state index contributed by atoms with van der Waals surface area (Å²) in [6.07, 6.45) is 0.573. The van der Waals surface area contributed by atoms with Gasteiger partial charge in [-0.2, -0.15) is 0 Å². The van der Waals surface area contributed by atoms with E-state index in [9.17, 15) is 9.59 Å². The molecule has 0 fully saturated rings. The second kappa shape index (κ2) is 6.39. The molecule has 0 aliphatic carbocycles. The van der Waals surface area contributed by atoms with Crippen LogP contribution in [0.2, 0.25) is 0 Å². The van der Waals surface area contributed by atoms with Crippen LogP contribution in [0.1, 0.15) is 29.9 Å². The summed E-state index contributed by atoms with van der Waals surface area (Å²) in [6.45, 7) is 3.99. The molecule has 1 aromatic heterocycles. The number of methoxy groups -OCH3 is 1. The zero-order valence-corrected chi connectivity index (χ0v) is 11.0. The van der Waals surface area contributed by atoms with Crippen LogP contribution in [0.25, 0.3) is 0 Å². The topological polar surface area (TPSA) is 55.4 Å². The Kier molecular flexibility index (Phi) is 5.15. The highest BCUT2D eigenvalue weighted by Crippen LogP contribution is 2.11. The fourth-order valence-electron chi connectivity index (χ4n) is 1.46. The lowest BCUT2D eigenvalue weighted by Crippen LogP contribution is -2.42. The van der Waals surface area contributed by atoms with Crippen LogP contribution in [0, 0.1) is 5.92 Å². The maximum Gasteiger partial charge on any atom is 0.328 e. The van der Waals surface area contributed by atoms with Crippen molar-refractivity contribution >= 4 is 23.2 Å². The van der Waals surface area contributed by atoms with Crippen LogP contribution >= 0.6 is 11.3 Å². The number of rotatable bonds is 5. The smallest absolute Gasteiger partial charge is 0.328 e. The maximum absolute atomic E-state index is 11.8. The Balaban J connectivity index is 2.66. The predicted octanol–water partition coefficient (Wildman–Crippen LogP) is 2.07. The van der Waals surface area contributed by atoms with Gasteiger partial charge in [0, 0.05) is 0 Å². The van der Waals surface area contributed by atoms with E-state index in [0.29, 0.717) is 17.2 Å². The van der Waals surface area contributed by atoms with E-state index in [4.69, 9.17) is 0 Å². The molecule has 1 aromatic rings. The first-order valence-electron chi connectivity index (χ1n) is 5.46. The van der Waals surface area contributed by atoms with E-state index in [1.165, 1.54) is 18.4 Å². The molecule has 5 heteroatoms. The van der Waals surface area contributed by atoms with Gasteiger partial charge in [-0.15, -0.1) is 11.3 Å². The van der Waals surface area contributed by atoms with Gasteiger partial charge in [0.05, 0.1) is 12.0 Å². The third kappa shape index (κ3) is 4.19. The minimum Gasteiger partial charge on any atom is -0.467 e. The van der Waals surface area contributed by atoms with Crippen LogP contribution in [0.5, 0.6) is 0 Å². The first kappa shape index (κ1) is 13.7. The third-order valence-corrected chi connectivity index (χ3v) is 3.11. The first-order valence-corrected chi connectivity index (χ1v) is 6.34. The largest absolute Gasteiger partial charge is 0.467 e. The van der Waals surface area contributed by atoms with Gasteiger partial charge in [0.2, 0.25) is 0 Å². The highest BCUT2D eigenvalue weighted by molar-refractivity contribution is 7.12. The molecule has 0 aromatic carbocycles. The van der Waals surface area contributed by atoms with Gasteiger partial charge in [-0.25, -0.2) is 4.79 Å². The van der Waals surface area contributed by atoms with Crippen LogP contribution < -0.4 is 5.32 Å². The molecular formula is C12H17NO3S. The van der Waals surface area contributed by atoms with E-state index in [2.05, 4.69) is 10.1 Å². The lowest BCUT2D eigenvalue weighted by atomic mass is 10.0. The van der Waals surface area contributed by atoms with Gasteiger partial charge in [-0.05, 0) is 23.8 Å². The summed E-state index contributed by atoms with van der Waals surface area (Å²) in [4.78, 5) is 23.9. The van der Waals surface area contributed by atoms with Crippen molar-refractivity contribution < 1.29 is 14.3 Å². The maximum atomic E-state index is 11.8. The molecule has 17 heavy (non-hydrogen) atoms. The molecule has 0 saturated heterocycles. The van der Waals surface area contributed by atoms with Crippen molar-refractivity contribution in [2.24, 2.45) is 5.92 Å². The summed E-state index contributed by atoms with van der Waals surface area (Å²) < 4.78 is 4.68. The van der Waals surface area contributed by atoms with Crippen molar-refractivity contribution in [1.29, 1.82) is 0 Å². The summed E-state index contributed by atoms with van der Waals surface area (Å²) in [7, 11) is 1.33. The summed E-state index contributed by atoms with van der Waals surface area (Å²) in [6, 6.07) is 2.95. The molecule has 0 aliphatic rings. The van der Waals surface area contributed by atoms with E-state index in [1.807, 2.05) is 19.2 Å². The molecule has 1 atom stereocenters. The Hall–Kier alpha value is -1.36. The molecule has 1 rings (SSSR count). The molecule has 1 N–H and O–H groups in total. The second-order valence-corrected chi connectivity index (χ2v) is 5.10. The average molecular weight is 255 g/mol. The van der Waals surface area contributed by atoms with E-state index in [1.54, 1.807) is 12.1 Å². The number of carbonyl (C=O) groups excluding carboxylic acids is 2. The number of esters is 1. The van der Waals surface area contributed by atoms with Crippen LogP contribution in [0.4, 0.5) is 0 Å². The van der Waals surface area contributed by atoms with Crippen LogP contribution in [0.3, 0.4) is 0 Å². The van der Waals surface area contributed by atoms with Crippen molar-refractivity contribution in [2.45, 2.75) is 26.3 Å². The number of thiophene rings is 1. The van der Waals surface area contributed by atoms with Crippen molar-refractivity contribution in [2.75, 3.05) is 7.11 Å². The summed E-state index contributed by atoms with van der Waals surface area (Å²) in [5.41, 5.74) is 0. The summed E-state index contributed by atoms with van der Waals surface area (Å²) in [5, 5.41) is 4.52. The number of hydrogen-bond acceptors (Lipinski definition) is 4. The Morgan fingerprint density at radius 1 is 1.47 bits per heavy atom. The van der Waals surface area contributed by atoms with E-state index >= 15 is 0 Å². The van der Waals surface area contributed by atoms with Gasteiger partial charge >= 0.3 is 5.97 Å². The van der Waals surface area contributed by atoms with Crippen molar-refractivity contribution in [3.8, 4) is 0 Å². The minimum absolute atomic E-state index is 0.226. The summed E-state index contributed by atoms with van der Waals surface area (Å²) >= 11 is 1.35. The van der Waals surface area contributed by atoms with Gasteiger partial charge in [0.15, 0.2) is 0 Å². The quantitative estimate of drug-likeness (QED) is 0.819. The number of amides is 1. The van der Waals surface area contributed by atoms with Crippen molar-refractivity contribution in [3.63, 3.8) is 0 Å². The van der Waals surface area contributed by atoms with Crippen LogP contribution in [-0.4, -0.2) is 25.0 Å². The molecule has 0 aliphatic heterocycles. The fourth-order valence-corrected chi connectivity index (χ4v) is 2.09. The average Bonchev–Trinajstić information content (AvgIpc) is 2.79. The lowest BCUT2D eigenvalue weighted by molar-refractivity contribution is -0.143. The van der Waals surface area contributed by atoms with Gasteiger partial charge < -0.3 is 10.1 Å². The molecule has 0 bridgehead atoms. The zero-order chi connectivity index (χ0) is 12.8. The molecule has 1 heterocycles. The molecule has 4 nitrogen and oxygen atoms in total. The SMILES string of the molecule is COC(=O)[C@H](CC(C)C)NC(=O)c1cccs1. The standard InChI is InChI=1S/C12H17NO3S/c1-8(2)7-9(12(15)16-3)13-11(14)10-5-4-6-17-10/h4-6,8-9H,7H2,1-3H3,(H,13,14)/t9-/m0/s1. The normalized spacial score (nSPS) is 12.2. The Morgan fingerprint density at radius 2 is 2.18 bits per heavy atom. The van der Waals surface area contributed by atoms with Crippen LogP contribution in [-0.2, 0) is 9.53 Å². The van der Waals surface area contributed by atoms with Gasteiger partial charge in [-0.1, -0.05) is 19.9 Å². The number of ether oxygens (including phenoxy) is 1. The molecule has 0 unspecified atom stereocenters. The van der Waals surface area contributed by atoms with Crippen molar-refractivity contribution in [3.05, 3.63) is 22.4 Å². The molecule has 0 saturated carbocycles. The fraction of sp³-hybridized carbons (Fsp3) is 0.500. The van der Waals surface area contributed by atoms with E-state index in [-0.39, 0.29) is 5.91 Å². The van der Waals surface area contributed by atoms with Crippen LogP contribution in [0.15, 0.2) is 17.5 Å². The molecule has 1 amide bonds. The molecule has 0 spiro atoms.